The molecule has 24 heavy (non-hydrogen) atoms. The third-order valence-electron chi connectivity index (χ3n) is 4.59. The van der Waals surface area contributed by atoms with Gasteiger partial charge in [-0.2, -0.15) is 0 Å². The summed E-state index contributed by atoms with van der Waals surface area (Å²) < 4.78 is 0. The Bertz CT molecular complexity index is 664. The average Bonchev–Trinajstić information content (AvgIpc) is 2.63. The minimum absolute atomic E-state index is 0.0814. The van der Waals surface area contributed by atoms with Gasteiger partial charge in [0.1, 0.15) is 0 Å². The first-order valence-electron chi connectivity index (χ1n) is 8.53. The summed E-state index contributed by atoms with van der Waals surface area (Å²) in [6, 6.07) is 17.3. The van der Waals surface area contributed by atoms with Crippen LogP contribution in [0.1, 0.15) is 28.8 Å². The SMILES string of the molecule is O=C(Nc1ccccc1)c1cccc(CN2CCC(CO)CC2)c1. The number of nitrogens with one attached hydrogen (secondary N) is 1. The molecule has 3 rings (SSSR count). The summed E-state index contributed by atoms with van der Waals surface area (Å²) in [5.74, 6) is 0.367. The molecule has 0 radical (unpaired) electrons. The second-order valence-electron chi connectivity index (χ2n) is 6.42. The van der Waals surface area contributed by atoms with Crippen LogP contribution in [0.5, 0.6) is 0 Å². The van der Waals surface area contributed by atoms with Gasteiger partial charge in [0.2, 0.25) is 0 Å². The number of carbonyl (C=O) groups excluding carboxylic acids is 1. The highest BCUT2D eigenvalue weighted by atomic mass is 16.3. The highest BCUT2D eigenvalue weighted by Gasteiger charge is 2.18. The molecule has 1 amide bonds. The summed E-state index contributed by atoms with van der Waals surface area (Å²) in [6.07, 6.45) is 2.09. The second-order valence-corrected chi connectivity index (χ2v) is 6.42. The van der Waals surface area contributed by atoms with Gasteiger partial charge in [-0.15, -0.1) is 0 Å². The first-order valence-corrected chi connectivity index (χ1v) is 8.53. The maximum atomic E-state index is 12.4. The molecule has 2 aromatic carbocycles. The van der Waals surface area contributed by atoms with Gasteiger partial charge in [0.05, 0.1) is 0 Å². The largest absolute Gasteiger partial charge is 0.396 e. The maximum absolute atomic E-state index is 12.4. The van der Waals surface area contributed by atoms with E-state index in [0.717, 1.165) is 43.7 Å². The van der Waals surface area contributed by atoms with Crippen LogP contribution in [0.4, 0.5) is 5.69 Å². The van der Waals surface area contributed by atoms with Crippen molar-refractivity contribution in [1.29, 1.82) is 0 Å². The summed E-state index contributed by atoms with van der Waals surface area (Å²) in [7, 11) is 0. The molecule has 0 aliphatic carbocycles. The molecule has 4 heteroatoms. The molecule has 0 bridgehead atoms. The number of hydrogen-bond donors (Lipinski definition) is 2. The van der Waals surface area contributed by atoms with Crippen molar-refractivity contribution in [2.45, 2.75) is 19.4 Å². The van der Waals surface area contributed by atoms with Crippen molar-refractivity contribution >= 4 is 11.6 Å². The van der Waals surface area contributed by atoms with Gasteiger partial charge in [0.25, 0.3) is 5.91 Å². The quantitative estimate of drug-likeness (QED) is 0.888. The number of aliphatic hydroxyl groups excluding tert-OH is 1. The highest BCUT2D eigenvalue weighted by Crippen LogP contribution is 2.19. The standard InChI is InChI=1S/C20H24N2O2/c23-15-16-9-11-22(12-10-16)14-17-5-4-6-18(13-17)20(24)21-19-7-2-1-3-8-19/h1-8,13,16,23H,9-12,14-15H2,(H,21,24). The van der Waals surface area contributed by atoms with E-state index >= 15 is 0 Å². The van der Waals surface area contributed by atoms with Crippen LogP contribution in [0.15, 0.2) is 54.6 Å². The van der Waals surface area contributed by atoms with Gasteiger partial charge in [-0.3, -0.25) is 9.69 Å². The lowest BCUT2D eigenvalue weighted by molar-refractivity contribution is 0.102. The van der Waals surface area contributed by atoms with E-state index in [-0.39, 0.29) is 5.91 Å². The number of likely N-dealkylation sites (tertiary alicyclic amines) is 1. The van der Waals surface area contributed by atoms with E-state index in [4.69, 9.17) is 0 Å². The number of rotatable bonds is 5. The molecule has 0 aromatic heterocycles. The minimum atomic E-state index is -0.0814. The smallest absolute Gasteiger partial charge is 0.255 e. The lowest BCUT2D eigenvalue weighted by atomic mass is 9.97. The molecule has 0 saturated carbocycles. The molecule has 2 aromatic rings. The van der Waals surface area contributed by atoms with Crippen LogP contribution < -0.4 is 5.32 Å². The summed E-state index contributed by atoms with van der Waals surface area (Å²) in [5.41, 5.74) is 2.64. The average molecular weight is 324 g/mol. The molecular weight excluding hydrogens is 300 g/mol. The van der Waals surface area contributed by atoms with E-state index in [9.17, 15) is 9.90 Å². The molecule has 1 saturated heterocycles. The van der Waals surface area contributed by atoms with Gasteiger partial charge in [-0.1, -0.05) is 30.3 Å². The number of amides is 1. The van der Waals surface area contributed by atoms with E-state index in [0.29, 0.717) is 18.1 Å². The number of piperidine rings is 1. The van der Waals surface area contributed by atoms with Gasteiger partial charge in [0.15, 0.2) is 0 Å². The van der Waals surface area contributed by atoms with Crippen molar-refractivity contribution in [2.75, 3.05) is 25.0 Å². The predicted octanol–water partition coefficient (Wildman–Crippen LogP) is 3.14. The Kier molecular flexibility index (Phi) is 5.62. The fourth-order valence-electron chi connectivity index (χ4n) is 3.12. The van der Waals surface area contributed by atoms with Gasteiger partial charge < -0.3 is 10.4 Å². The number of aliphatic hydroxyl groups is 1. The molecule has 126 valence electrons. The number of carbonyl (C=O) groups is 1. The number of anilines is 1. The summed E-state index contributed by atoms with van der Waals surface area (Å²) in [5, 5.41) is 12.1. The lowest BCUT2D eigenvalue weighted by Gasteiger charge is -2.31. The number of nitrogens with zero attached hydrogens (tertiary/aromatic N) is 1. The molecule has 1 heterocycles. The van der Waals surface area contributed by atoms with E-state index in [1.807, 2.05) is 48.5 Å². The molecule has 0 spiro atoms. The molecule has 0 unspecified atom stereocenters. The lowest BCUT2D eigenvalue weighted by Crippen LogP contribution is -2.34. The minimum Gasteiger partial charge on any atom is -0.396 e. The van der Waals surface area contributed by atoms with Crippen molar-refractivity contribution in [3.63, 3.8) is 0 Å². The molecule has 1 fully saturated rings. The van der Waals surface area contributed by atoms with Crippen LogP contribution in [0.25, 0.3) is 0 Å². The molecule has 1 aliphatic heterocycles. The third-order valence-corrected chi connectivity index (χ3v) is 4.59. The van der Waals surface area contributed by atoms with E-state index in [1.165, 1.54) is 0 Å². The Morgan fingerprint density at radius 1 is 1.08 bits per heavy atom. The fourth-order valence-corrected chi connectivity index (χ4v) is 3.12. The predicted molar refractivity (Wildman–Crippen MR) is 95.9 cm³/mol. The Balaban J connectivity index is 1.61. The Morgan fingerprint density at radius 2 is 1.83 bits per heavy atom. The van der Waals surface area contributed by atoms with Crippen LogP contribution in [0, 0.1) is 5.92 Å². The highest BCUT2D eigenvalue weighted by molar-refractivity contribution is 6.04. The van der Waals surface area contributed by atoms with Crippen molar-refractivity contribution in [3.8, 4) is 0 Å². The normalized spacial score (nSPS) is 16.0. The second kappa shape index (κ2) is 8.08. The summed E-state index contributed by atoms with van der Waals surface area (Å²) in [4.78, 5) is 14.8. The number of para-hydroxylation sites is 1. The van der Waals surface area contributed by atoms with Crippen molar-refractivity contribution < 1.29 is 9.90 Å². The zero-order valence-corrected chi connectivity index (χ0v) is 13.8. The van der Waals surface area contributed by atoms with Crippen molar-refractivity contribution in [1.82, 2.24) is 4.90 Å². The number of hydrogen-bond acceptors (Lipinski definition) is 3. The van der Waals surface area contributed by atoms with Crippen LogP contribution in [-0.2, 0) is 6.54 Å². The van der Waals surface area contributed by atoms with Crippen LogP contribution in [-0.4, -0.2) is 35.6 Å². The number of benzene rings is 2. The maximum Gasteiger partial charge on any atom is 0.255 e. The van der Waals surface area contributed by atoms with Gasteiger partial charge >= 0.3 is 0 Å². The Morgan fingerprint density at radius 3 is 2.54 bits per heavy atom. The fraction of sp³-hybridized carbons (Fsp3) is 0.350. The third kappa shape index (κ3) is 4.43. The molecule has 4 nitrogen and oxygen atoms in total. The monoisotopic (exact) mass is 324 g/mol. The van der Waals surface area contributed by atoms with E-state index in [1.54, 1.807) is 0 Å². The molecule has 0 atom stereocenters. The van der Waals surface area contributed by atoms with Crippen LogP contribution in [0.2, 0.25) is 0 Å². The van der Waals surface area contributed by atoms with Gasteiger partial charge in [-0.05, 0) is 61.7 Å². The van der Waals surface area contributed by atoms with Gasteiger partial charge in [0, 0.05) is 24.4 Å². The zero-order chi connectivity index (χ0) is 16.8. The first kappa shape index (κ1) is 16.7. The van der Waals surface area contributed by atoms with E-state index < -0.39 is 0 Å². The van der Waals surface area contributed by atoms with Crippen molar-refractivity contribution in [3.05, 3.63) is 65.7 Å². The summed E-state index contributed by atoms with van der Waals surface area (Å²) in [6.45, 7) is 3.16. The Hall–Kier alpha value is -2.17. The zero-order valence-electron chi connectivity index (χ0n) is 13.8. The topological polar surface area (TPSA) is 52.6 Å². The van der Waals surface area contributed by atoms with Crippen LogP contribution in [0.3, 0.4) is 0 Å². The molecular formula is C20H24N2O2. The van der Waals surface area contributed by atoms with Gasteiger partial charge in [-0.25, -0.2) is 0 Å². The Labute approximate surface area is 143 Å². The summed E-state index contributed by atoms with van der Waals surface area (Å²) >= 11 is 0. The first-order chi connectivity index (χ1) is 11.7. The van der Waals surface area contributed by atoms with Crippen molar-refractivity contribution in [2.24, 2.45) is 5.92 Å². The molecule has 1 aliphatic rings. The van der Waals surface area contributed by atoms with E-state index in [2.05, 4.69) is 16.3 Å². The van der Waals surface area contributed by atoms with Crippen LogP contribution >= 0.6 is 0 Å². The molecule has 2 N–H and O–H groups in total.